The Hall–Kier alpha value is -4.58. The van der Waals surface area contributed by atoms with Crippen LogP contribution in [0.3, 0.4) is 0 Å². The summed E-state index contributed by atoms with van der Waals surface area (Å²) in [5.74, 6) is -0.975. The molecule has 12 heteroatoms. The smallest absolute Gasteiger partial charge is 0.407 e. The highest BCUT2D eigenvalue weighted by molar-refractivity contribution is 7.90. The Labute approximate surface area is 269 Å². The highest BCUT2D eigenvalue weighted by Gasteiger charge is 2.37. The van der Waals surface area contributed by atoms with Gasteiger partial charge in [-0.2, -0.15) is 0 Å². The fourth-order valence-electron chi connectivity index (χ4n) is 6.40. The van der Waals surface area contributed by atoms with Crippen LogP contribution in [-0.2, 0) is 26.0 Å². The van der Waals surface area contributed by atoms with E-state index < -0.39 is 33.7 Å². The predicted molar refractivity (Wildman–Crippen MR) is 175 cm³/mol. The van der Waals surface area contributed by atoms with Crippen LogP contribution in [0, 0.1) is 20.8 Å². The number of guanidine groups is 1. The Morgan fingerprint density at radius 3 is 2.26 bits per heavy atom. The van der Waals surface area contributed by atoms with Gasteiger partial charge in [0.2, 0.25) is 5.96 Å². The standard InChI is InChI=1S/C34H40N4O7S/c1-19-20(2)30(21(3)26-17-34(4,5)45-29(19)26)46(42,43)38-32(35)36-16-10-15-28(31(39)40)37-33(41)44-18-27-24-13-8-6-11-22(24)23-12-7-9-14-25(23)27/h6-9,11-14,27-28H,10,15-18H2,1-5H3,(H,37,41)(H,39,40)(H3,35,36,38)/i10+1,15+1,16+1,28+1,31+1,32+1,35+1,36+1,37+1,38+1. The van der Waals surface area contributed by atoms with E-state index in [0.717, 1.165) is 39.1 Å². The summed E-state index contributed by atoms with van der Waals surface area (Å²) in [4.78, 5) is 28.7. The van der Waals surface area contributed by atoms with Gasteiger partial charge < -0.3 is 25.6 Å². The molecule has 46 heavy (non-hydrogen) atoms. The van der Waals surface area contributed by atoms with E-state index >= 15 is 0 Å². The summed E-state index contributed by atoms with van der Waals surface area (Å²) in [6.07, 6.45) is -0.0165. The molecule has 0 bridgehead atoms. The van der Waals surface area contributed by atoms with Gasteiger partial charge in [-0.15, -0.1) is 0 Å². The number of benzene rings is 3. The molecule has 5 N–H and O–H groups in total. The van der Waals surface area contributed by atoms with Crippen LogP contribution in [0.2, 0.25) is 0 Å². The van der Waals surface area contributed by atoms with Crippen LogP contribution in [0.15, 0.2) is 58.4 Å². The van der Waals surface area contributed by atoms with Crippen LogP contribution in [-0.4, -0.2) is 56.3 Å². The Morgan fingerprint density at radius 2 is 1.65 bits per heavy atom. The fraction of sp³-hybridized carbons (Fsp3) is 0.382. The monoisotopic (exact) mass is 658 g/mol. The van der Waals surface area contributed by atoms with Gasteiger partial charge in [-0.25, -0.2) is 22.7 Å². The molecule has 1 heterocycles. The van der Waals surface area contributed by atoms with Gasteiger partial charge in [0.15, 0.2) is 0 Å². The molecule has 0 saturated heterocycles. The van der Waals surface area contributed by atoms with Crippen LogP contribution in [0.5, 0.6) is 5.75 Å². The molecular formula is C34H40N4O7S. The summed E-state index contributed by atoms with van der Waals surface area (Å²) in [7, 11) is -4.06. The van der Waals surface area contributed by atoms with Gasteiger partial charge in [0.1, 0.15) is 24.0 Å². The van der Waals surface area contributed by atoms with Crippen molar-refractivity contribution in [1.82, 2.24) is 10.0 Å². The number of amides is 1. The van der Waals surface area contributed by atoms with E-state index in [0.29, 0.717) is 17.5 Å². The number of aliphatic carboxylic acids is 1. The number of nitrogens with zero attached hydrogens (tertiary/aromatic N) is 1. The van der Waals surface area contributed by atoms with E-state index in [1.807, 2.05) is 69.3 Å². The molecule has 5 rings (SSSR count). The molecule has 0 radical (unpaired) electrons. The second-order valence-electron chi connectivity index (χ2n) is 12.4. The molecule has 3 aromatic carbocycles. The highest BCUT2D eigenvalue weighted by atomic mass is 32.2. The summed E-state index contributed by atoms with van der Waals surface area (Å²) in [6, 6.07) is 14.6. The van der Waals surface area contributed by atoms with E-state index in [1.165, 1.54) is 0 Å². The van der Waals surface area contributed by atoms with Crippen molar-refractivity contribution in [2.75, 3.05) is 13.2 Å². The number of alkyl carbamates (subject to hydrolysis) is 1. The number of ether oxygens (including phenoxy) is 2. The topological polar surface area (TPSA) is 169 Å². The maximum Gasteiger partial charge on any atom is 0.407 e. The molecule has 1 amide bonds. The number of carbonyl (C=O) groups is 2. The SMILES string of the molecule is Cc1c(C)c(S(=O)(=O)[15NH][13C]([15NH2])=[15N][13CH2][13CH2][13CH2][13CH]([15NH]C(=O)OCC2c3ccccc3-c3ccccc32)[13C](=O)O)c(C)c2c1OC(C)(C)C2. The lowest BCUT2D eigenvalue weighted by atomic mass is 9.94. The minimum atomic E-state index is -4.06. The third-order valence-corrected chi connectivity index (χ3v) is 10.3. The van der Waals surface area contributed by atoms with Crippen molar-refractivity contribution in [1.29, 1.82) is 0 Å². The van der Waals surface area contributed by atoms with Crippen molar-refractivity contribution >= 4 is 28.0 Å². The number of carboxylic acids is 1. The van der Waals surface area contributed by atoms with Gasteiger partial charge in [0.05, 0.1) is 4.90 Å². The van der Waals surface area contributed by atoms with Crippen LogP contribution in [0.4, 0.5) is 4.79 Å². The number of carboxylic acid groups (broad SMARTS) is 1. The number of sulfonamides is 1. The molecule has 3 aromatic rings. The van der Waals surface area contributed by atoms with Crippen LogP contribution in [0.25, 0.3) is 11.1 Å². The van der Waals surface area contributed by atoms with Crippen molar-refractivity contribution in [3.63, 3.8) is 0 Å². The van der Waals surface area contributed by atoms with Gasteiger partial charge in [-0.1, -0.05) is 48.5 Å². The molecule has 0 saturated carbocycles. The number of aliphatic imine (C=N–C) groups is 1. The molecule has 1 aliphatic heterocycles. The maximum absolute atomic E-state index is 13.4. The van der Waals surface area contributed by atoms with Gasteiger partial charge in [-0.3, -0.25) is 4.99 Å². The van der Waals surface area contributed by atoms with Crippen molar-refractivity contribution in [2.45, 2.75) is 76.3 Å². The van der Waals surface area contributed by atoms with Crippen LogP contribution < -0.4 is 20.5 Å². The lowest BCUT2D eigenvalue weighted by Gasteiger charge is -2.19. The molecule has 11 nitrogen and oxygen atoms in total. The zero-order valence-corrected chi connectivity index (χ0v) is 27.5. The molecule has 1 unspecified atom stereocenters. The molecule has 0 fully saturated rings. The molecular weight excluding hydrogens is 618 g/mol. The predicted octanol–water partition coefficient (Wildman–Crippen LogP) is 4.69. The summed E-state index contributed by atoms with van der Waals surface area (Å²) in [5, 5.41) is 12.1. The summed E-state index contributed by atoms with van der Waals surface area (Å²) in [6.45, 7) is 9.33. The fourth-order valence-corrected chi connectivity index (χ4v) is 7.93. The van der Waals surface area contributed by atoms with E-state index in [4.69, 9.17) is 15.2 Å². The lowest BCUT2D eigenvalue weighted by molar-refractivity contribution is -0.139. The average molecular weight is 659 g/mol. The van der Waals surface area contributed by atoms with Gasteiger partial charge in [0, 0.05) is 24.4 Å². The van der Waals surface area contributed by atoms with E-state index in [9.17, 15) is 23.1 Å². The average Bonchev–Trinajstić information content (AvgIpc) is 3.50. The third kappa shape index (κ3) is 6.53. The van der Waals surface area contributed by atoms with Crippen molar-refractivity contribution < 1.29 is 32.6 Å². The van der Waals surface area contributed by atoms with E-state index in [2.05, 4.69) is 15.0 Å². The normalized spacial score (nSPS) is 15.7. The van der Waals surface area contributed by atoms with Gasteiger partial charge in [-0.05, 0) is 86.4 Å². The number of nitrogens with two attached hydrogens (primary N) is 1. The lowest BCUT2D eigenvalue weighted by Crippen LogP contribution is -2.41. The number of nitrogens with one attached hydrogen (secondary N) is 2. The summed E-state index contributed by atoms with van der Waals surface area (Å²) < 4.78 is 40.7. The summed E-state index contributed by atoms with van der Waals surface area (Å²) >= 11 is 0. The highest BCUT2D eigenvalue weighted by Crippen LogP contribution is 2.45. The Balaban J connectivity index is 1.16. The number of carbonyl (C=O) groups excluding carboxylic acids is 1. The van der Waals surface area contributed by atoms with E-state index in [1.54, 1.807) is 13.8 Å². The maximum atomic E-state index is 13.4. The second kappa shape index (κ2) is 12.7. The molecule has 1 aliphatic carbocycles. The number of hydrogen-bond acceptors (Lipinski definition) is 7. The largest absolute Gasteiger partial charge is 0.487 e. The minimum Gasteiger partial charge on any atom is -0.487 e. The first-order valence-corrected chi connectivity index (χ1v) is 16.7. The third-order valence-electron chi connectivity index (χ3n) is 8.67. The first kappa shape index (κ1) is 32.8. The van der Waals surface area contributed by atoms with E-state index in [-0.39, 0.29) is 42.8 Å². The van der Waals surface area contributed by atoms with Crippen molar-refractivity contribution in [3.8, 4) is 16.9 Å². The minimum absolute atomic E-state index is 0.0288. The zero-order chi connectivity index (χ0) is 33.4. The Bertz CT molecular complexity index is 1790. The zero-order valence-electron chi connectivity index (χ0n) is 26.6. The Kier molecular flexibility index (Phi) is 9.03. The van der Waals surface area contributed by atoms with Gasteiger partial charge in [0.25, 0.3) is 10.0 Å². The first-order valence-electron chi connectivity index (χ1n) is 15.2. The molecule has 0 aromatic heterocycles. The summed E-state index contributed by atoms with van der Waals surface area (Å²) in [5.41, 5.74) is 12.6. The molecule has 0 spiro atoms. The Morgan fingerprint density at radius 1 is 1.04 bits per heavy atom. The van der Waals surface area contributed by atoms with Crippen LogP contribution >= 0.6 is 0 Å². The van der Waals surface area contributed by atoms with Gasteiger partial charge >= 0.3 is 12.1 Å². The number of fused-ring (bicyclic) bond motifs is 4. The molecule has 2 aliphatic rings. The quantitative estimate of drug-likeness (QED) is 0.0800. The molecule has 1 atom stereocenters. The van der Waals surface area contributed by atoms with Crippen LogP contribution in [0.1, 0.15) is 66.0 Å². The first-order chi connectivity index (χ1) is 21.7. The second-order valence-corrected chi connectivity index (χ2v) is 14.0. The van der Waals surface area contributed by atoms with Crippen molar-refractivity contribution in [3.05, 3.63) is 81.9 Å². The molecule has 244 valence electrons. The number of hydrogen-bond donors (Lipinski definition) is 4. The van der Waals surface area contributed by atoms with Crippen molar-refractivity contribution in [2.24, 2.45) is 10.7 Å². The number of rotatable bonds is 10.